The summed E-state index contributed by atoms with van der Waals surface area (Å²) in [6, 6.07) is 4.66. The van der Waals surface area contributed by atoms with E-state index < -0.39 is 8.32 Å². The zero-order chi connectivity index (χ0) is 17.3. The number of hydrogen-bond acceptors (Lipinski definition) is 3. The first-order valence-electron chi connectivity index (χ1n) is 8.92. The van der Waals surface area contributed by atoms with Gasteiger partial charge in [0.05, 0.1) is 0 Å². The van der Waals surface area contributed by atoms with E-state index in [1.807, 2.05) is 6.07 Å². The summed E-state index contributed by atoms with van der Waals surface area (Å²) in [5.74, 6) is 1.05. The molecule has 1 aliphatic carbocycles. The minimum absolute atomic E-state index is 0.129. The molecule has 1 atom stereocenters. The molecule has 0 amide bonds. The molecule has 0 unspecified atom stereocenters. The number of nitrogens with one attached hydrogen (secondary N) is 1. The summed E-state index contributed by atoms with van der Waals surface area (Å²) in [5, 5.41) is 14.4. The summed E-state index contributed by atoms with van der Waals surface area (Å²) < 4.78 is 6.33. The van der Waals surface area contributed by atoms with Gasteiger partial charge in [0.25, 0.3) is 8.32 Å². The van der Waals surface area contributed by atoms with Crippen LogP contribution in [0.5, 0.6) is 11.5 Å². The second-order valence-electron chi connectivity index (χ2n) is 8.31. The maximum absolute atomic E-state index is 10.7. The molecule has 1 aromatic carbocycles. The Morgan fingerprint density at radius 2 is 2.00 bits per heavy atom. The standard InChI is InChI=1S/C19H33NO2Si/c1-7-12-20-15-9-10-16-14(13-15)8-11-17(18(16)21)22-23(5,6)19(2,3)4/h8,11,15,20-21H,7,9-10,12-13H2,1-6H3/t15-/m0/s1. The van der Waals surface area contributed by atoms with Gasteiger partial charge in [-0.25, -0.2) is 0 Å². The Bertz CT molecular complexity index is 549. The van der Waals surface area contributed by atoms with E-state index in [1.54, 1.807) is 0 Å². The Hall–Kier alpha value is -1.00. The molecule has 1 aliphatic rings. The van der Waals surface area contributed by atoms with E-state index in [4.69, 9.17) is 4.43 Å². The van der Waals surface area contributed by atoms with Gasteiger partial charge < -0.3 is 14.8 Å². The maximum Gasteiger partial charge on any atom is 0.250 e. The van der Waals surface area contributed by atoms with Crippen LogP contribution in [-0.4, -0.2) is 26.0 Å². The van der Waals surface area contributed by atoms with Crippen LogP contribution in [0.4, 0.5) is 0 Å². The molecule has 4 heteroatoms. The van der Waals surface area contributed by atoms with Crippen LogP contribution in [0.3, 0.4) is 0 Å². The molecule has 0 radical (unpaired) electrons. The van der Waals surface area contributed by atoms with Crippen molar-refractivity contribution in [2.45, 2.75) is 77.6 Å². The molecule has 23 heavy (non-hydrogen) atoms. The average Bonchev–Trinajstić information content (AvgIpc) is 2.46. The Morgan fingerprint density at radius 1 is 1.30 bits per heavy atom. The minimum atomic E-state index is -1.93. The van der Waals surface area contributed by atoms with Crippen LogP contribution in [-0.2, 0) is 12.8 Å². The van der Waals surface area contributed by atoms with Crippen molar-refractivity contribution in [2.75, 3.05) is 6.54 Å². The molecule has 0 saturated carbocycles. The van der Waals surface area contributed by atoms with Crippen molar-refractivity contribution >= 4 is 8.32 Å². The summed E-state index contributed by atoms with van der Waals surface area (Å²) in [4.78, 5) is 0. The first-order chi connectivity index (χ1) is 10.7. The molecule has 1 aromatic rings. The summed E-state index contributed by atoms with van der Waals surface area (Å²) in [5.41, 5.74) is 2.36. The molecule has 0 fully saturated rings. The van der Waals surface area contributed by atoms with Gasteiger partial charge in [0.1, 0.15) is 5.75 Å². The van der Waals surface area contributed by atoms with Gasteiger partial charge >= 0.3 is 0 Å². The van der Waals surface area contributed by atoms with Crippen molar-refractivity contribution in [3.63, 3.8) is 0 Å². The van der Waals surface area contributed by atoms with Crippen LogP contribution in [0, 0.1) is 0 Å². The van der Waals surface area contributed by atoms with Gasteiger partial charge in [-0.15, -0.1) is 0 Å². The predicted octanol–water partition coefficient (Wildman–Crippen LogP) is 4.63. The fourth-order valence-electron chi connectivity index (χ4n) is 2.85. The summed E-state index contributed by atoms with van der Waals surface area (Å²) in [7, 11) is -1.93. The largest absolute Gasteiger partial charge is 0.541 e. The number of phenolic OH excluding ortho intramolecular Hbond substituents is 1. The summed E-state index contributed by atoms with van der Waals surface area (Å²) in [6.07, 6.45) is 4.18. The monoisotopic (exact) mass is 335 g/mol. The Balaban J connectivity index is 2.18. The van der Waals surface area contributed by atoms with Crippen molar-refractivity contribution in [1.29, 1.82) is 0 Å². The second kappa shape index (κ2) is 6.86. The molecule has 0 aromatic heterocycles. The lowest BCUT2D eigenvalue weighted by atomic mass is 9.87. The average molecular weight is 336 g/mol. The van der Waals surface area contributed by atoms with Gasteiger partial charge in [-0.05, 0) is 62.0 Å². The fourth-order valence-corrected chi connectivity index (χ4v) is 3.87. The highest BCUT2D eigenvalue weighted by Gasteiger charge is 2.39. The van der Waals surface area contributed by atoms with Crippen molar-refractivity contribution in [2.24, 2.45) is 0 Å². The third-order valence-corrected chi connectivity index (χ3v) is 9.75. The van der Waals surface area contributed by atoms with Gasteiger partial charge in [-0.3, -0.25) is 0 Å². The van der Waals surface area contributed by atoms with Crippen LogP contribution < -0.4 is 9.74 Å². The molecule has 0 spiro atoms. The second-order valence-corrected chi connectivity index (χ2v) is 13.0. The van der Waals surface area contributed by atoms with Crippen molar-refractivity contribution in [3.8, 4) is 11.5 Å². The number of aromatic hydroxyl groups is 1. The molecular weight excluding hydrogens is 302 g/mol. The molecule has 0 heterocycles. The SMILES string of the molecule is CCCN[C@H]1CCc2c(ccc(O[Si](C)(C)C(C)(C)C)c2O)C1. The van der Waals surface area contributed by atoms with E-state index in [0.717, 1.165) is 37.8 Å². The fraction of sp³-hybridized carbons (Fsp3) is 0.684. The zero-order valence-electron chi connectivity index (χ0n) is 15.6. The molecule has 2 N–H and O–H groups in total. The van der Waals surface area contributed by atoms with Gasteiger partial charge in [0.15, 0.2) is 5.75 Å². The van der Waals surface area contributed by atoms with Gasteiger partial charge in [0, 0.05) is 11.6 Å². The van der Waals surface area contributed by atoms with Crippen LogP contribution in [0.25, 0.3) is 0 Å². The number of rotatable bonds is 5. The third-order valence-electron chi connectivity index (χ3n) is 5.41. The molecular formula is C19H33NO2Si. The van der Waals surface area contributed by atoms with E-state index in [0.29, 0.717) is 17.5 Å². The van der Waals surface area contributed by atoms with E-state index in [9.17, 15) is 5.11 Å². The quantitative estimate of drug-likeness (QED) is 0.771. The van der Waals surface area contributed by atoms with Crippen molar-refractivity contribution in [1.82, 2.24) is 5.32 Å². The Kier molecular flexibility index (Phi) is 5.47. The lowest BCUT2D eigenvalue weighted by Crippen LogP contribution is -2.44. The highest BCUT2D eigenvalue weighted by Crippen LogP contribution is 2.42. The zero-order valence-corrected chi connectivity index (χ0v) is 16.6. The first kappa shape index (κ1) is 18.3. The first-order valence-corrected chi connectivity index (χ1v) is 11.8. The van der Waals surface area contributed by atoms with Gasteiger partial charge in [-0.1, -0.05) is 33.8 Å². The van der Waals surface area contributed by atoms with Gasteiger partial charge in [-0.2, -0.15) is 0 Å². The molecule has 0 bridgehead atoms. The van der Waals surface area contributed by atoms with Crippen molar-refractivity contribution < 1.29 is 9.53 Å². The molecule has 0 aliphatic heterocycles. The van der Waals surface area contributed by atoms with Crippen LogP contribution in [0.15, 0.2) is 12.1 Å². The lowest BCUT2D eigenvalue weighted by molar-refractivity contribution is 0.403. The van der Waals surface area contributed by atoms with E-state index >= 15 is 0 Å². The lowest BCUT2D eigenvalue weighted by Gasteiger charge is -2.37. The summed E-state index contributed by atoms with van der Waals surface area (Å²) in [6.45, 7) is 14.4. The van der Waals surface area contributed by atoms with Crippen molar-refractivity contribution in [3.05, 3.63) is 23.3 Å². The number of benzene rings is 1. The van der Waals surface area contributed by atoms with E-state index in [-0.39, 0.29) is 5.04 Å². The van der Waals surface area contributed by atoms with Crippen LogP contribution in [0.1, 0.15) is 51.7 Å². The molecule has 3 nitrogen and oxygen atoms in total. The van der Waals surface area contributed by atoms with Crippen LogP contribution >= 0.6 is 0 Å². The third kappa shape index (κ3) is 4.10. The summed E-state index contributed by atoms with van der Waals surface area (Å²) >= 11 is 0. The number of phenols is 1. The van der Waals surface area contributed by atoms with E-state index in [2.05, 4.69) is 52.2 Å². The predicted molar refractivity (Wildman–Crippen MR) is 100 cm³/mol. The highest BCUT2D eigenvalue weighted by molar-refractivity contribution is 6.74. The smallest absolute Gasteiger partial charge is 0.250 e. The molecule has 130 valence electrons. The van der Waals surface area contributed by atoms with E-state index in [1.165, 1.54) is 5.56 Å². The Labute approximate surface area is 142 Å². The number of fused-ring (bicyclic) bond motifs is 1. The maximum atomic E-state index is 10.7. The molecule has 2 rings (SSSR count). The minimum Gasteiger partial charge on any atom is -0.541 e. The normalized spacial score (nSPS) is 18.6. The molecule has 0 saturated heterocycles. The Morgan fingerprint density at radius 3 is 2.61 bits per heavy atom. The topological polar surface area (TPSA) is 41.5 Å². The number of hydrogen-bond donors (Lipinski definition) is 2. The highest BCUT2D eigenvalue weighted by atomic mass is 28.4. The van der Waals surface area contributed by atoms with Gasteiger partial charge in [0.2, 0.25) is 0 Å². The van der Waals surface area contributed by atoms with Crippen LogP contribution in [0.2, 0.25) is 18.1 Å².